The van der Waals surface area contributed by atoms with Crippen LogP contribution in [0, 0.1) is 6.92 Å². The van der Waals surface area contributed by atoms with Gasteiger partial charge in [0.25, 0.3) is 0 Å². The molecule has 0 aliphatic carbocycles. The normalized spacial score (nSPS) is 14.2. The molecule has 0 aromatic heterocycles. The van der Waals surface area contributed by atoms with Crippen LogP contribution in [0.4, 0.5) is 11.4 Å². The zero-order valence-electron chi connectivity index (χ0n) is 18.6. The summed E-state index contributed by atoms with van der Waals surface area (Å²) in [6.07, 6.45) is 1.61. The molecule has 7 heteroatoms. The average molecular weight is 425 g/mol. The predicted molar refractivity (Wildman–Crippen MR) is 124 cm³/mol. The standard InChI is InChI=1S/C24H32N4O3/c1-18-6-11-22(31-3)21(17-18)26-24(30)23(29)25-12-4-5-19-7-9-20(10-8-19)28-15-13-27(2)14-16-28/h6-11,17H,4-5,12-16H2,1-3H3,(H,25,29)(H,26,30). The van der Waals surface area contributed by atoms with E-state index in [2.05, 4.69) is 51.7 Å². The minimum absolute atomic E-state index is 0.442. The van der Waals surface area contributed by atoms with Gasteiger partial charge in [0, 0.05) is 38.4 Å². The van der Waals surface area contributed by atoms with E-state index in [4.69, 9.17) is 4.74 Å². The summed E-state index contributed by atoms with van der Waals surface area (Å²) in [5.74, 6) is -0.818. The molecule has 2 aromatic carbocycles. The first-order chi connectivity index (χ1) is 15.0. The maximum Gasteiger partial charge on any atom is 0.313 e. The van der Waals surface area contributed by atoms with Crippen molar-refractivity contribution in [3.05, 3.63) is 53.6 Å². The van der Waals surface area contributed by atoms with E-state index in [-0.39, 0.29) is 0 Å². The molecular formula is C24H32N4O3. The third kappa shape index (κ3) is 6.46. The maximum atomic E-state index is 12.2. The van der Waals surface area contributed by atoms with Crippen molar-refractivity contribution in [3.63, 3.8) is 0 Å². The third-order valence-corrected chi connectivity index (χ3v) is 5.54. The molecule has 0 saturated carbocycles. The van der Waals surface area contributed by atoms with Crippen LogP contribution in [-0.2, 0) is 16.0 Å². The van der Waals surface area contributed by atoms with Crippen molar-refractivity contribution in [1.82, 2.24) is 10.2 Å². The van der Waals surface area contributed by atoms with Crippen LogP contribution in [0.2, 0.25) is 0 Å². The number of hydrogen-bond acceptors (Lipinski definition) is 5. The second kappa shape index (κ2) is 10.8. The molecule has 3 rings (SSSR count). The number of likely N-dealkylation sites (N-methyl/N-ethyl adjacent to an activating group) is 1. The van der Waals surface area contributed by atoms with Crippen molar-refractivity contribution >= 4 is 23.2 Å². The van der Waals surface area contributed by atoms with Crippen LogP contribution >= 0.6 is 0 Å². The summed E-state index contributed by atoms with van der Waals surface area (Å²) in [6.45, 7) is 6.64. The minimum Gasteiger partial charge on any atom is -0.495 e. The molecule has 0 radical (unpaired) electrons. The quantitative estimate of drug-likeness (QED) is 0.528. The van der Waals surface area contributed by atoms with Gasteiger partial charge in [-0.1, -0.05) is 18.2 Å². The van der Waals surface area contributed by atoms with Crippen molar-refractivity contribution in [2.75, 3.05) is 57.1 Å². The van der Waals surface area contributed by atoms with Gasteiger partial charge in [-0.25, -0.2) is 0 Å². The van der Waals surface area contributed by atoms with E-state index in [1.54, 1.807) is 12.1 Å². The third-order valence-electron chi connectivity index (χ3n) is 5.54. The van der Waals surface area contributed by atoms with Gasteiger partial charge in [0.2, 0.25) is 0 Å². The fourth-order valence-electron chi connectivity index (χ4n) is 3.61. The molecule has 1 saturated heterocycles. The van der Waals surface area contributed by atoms with Crippen molar-refractivity contribution in [1.29, 1.82) is 0 Å². The average Bonchev–Trinajstić information content (AvgIpc) is 2.77. The zero-order valence-corrected chi connectivity index (χ0v) is 18.6. The van der Waals surface area contributed by atoms with Gasteiger partial charge in [0.1, 0.15) is 5.75 Å². The van der Waals surface area contributed by atoms with E-state index in [9.17, 15) is 9.59 Å². The number of carbonyl (C=O) groups is 2. The molecule has 2 aromatic rings. The number of ether oxygens (including phenoxy) is 1. The number of hydrogen-bond donors (Lipinski definition) is 2. The highest BCUT2D eigenvalue weighted by Crippen LogP contribution is 2.25. The Kier molecular flexibility index (Phi) is 7.89. The number of benzene rings is 2. The number of amides is 2. The van der Waals surface area contributed by atoms with Crippen molar-refractivity contribution < 1.29 is 14.3 Å². The van der Waals surface area contributed by atoms with E-state index in [1.165, 1.54) is 18.4 Å². The summed E-state index contributed by atoms with van der Waals surface area (Å²) in [6, 6.07) is 14.0. The first-order valence-corrected chi connectivity index (χ1v) is 10.7. The fourth-order valence-corrected chi connectivity index (χ4v) is 3.61. The first kappa shape index (κ1) is 22.6. The second-order valence-electron chi connectivity index (χ2n) is 7.97. The van der Waals surface area contributed by atoms with Gasteiger partial charge in [-0.15, -0.1) is 0 Å². The SMILES string of the molecule is COc1ccc(C)cc1NC(=O)C(=O)NCCCc1ccc(N2CCN(C)CC2)cc1. The van der Waals surface area contributed by atoms with Gasteiger partial charge in [-0.3, -0.25) is 9.59 Å². The number of aryl methyl sites for hydroxylation is 2. The number of carbonyl (C=O) groups excluding carboxylic acids is 2. The largest absolute Gasteiger partial charge is 0.495 e. The lowest BCUT2D eigenvalue weighted by Gasteiger charge is -2.34. The Morgan fingerprint density at radius 1 is 1.00 bits per heavy atom. The van der Waals surface area contributed by atoms with Gasteiger partial charge < -0.3 is 25.2 Å². The summed E-state index contributed by atoms with van der Waals surface area (Å²) in [5, 5.41) is 5.30. The van der Waals surface area contributed by atoms with Crippen molar-refractivity contribution in [2.45, 2.75) is 19.8 Å². The molecule has 1 aliphatic rings. The van der Waals surface area contributed by atoms with E-state index < -0.39 is 11.8 Å². The molecule has 1 heterocycles. The monoisotopic (exact) mass is 424 g/mol. The highest BCUT2D eigenvalue weighted by atomic mass is 16.5. The van der Waals surface area contributed by atoms with Crippen LogP contribution in [0.5, 0.6) is 5.75 Å². The lowest BCUT2D eigenvalue weighted by Crippen LogP contribution is -2.44. The number of rotatable bonds is 7. The molecule has 7 nitrogen and oxygen atoms in total. The fraction of sp³-hybridized carbons (Fsp3) is 0.417. The molecular weight excluding hydrogens is 392 g/mol. The van der Waals surface area contributed by atoms with E-state index in [0.717, 1.165) is 44.6 Å². The number of anilines is 2. The Labute approximate surface area is 184 Å². The Morgan fingerprint density at radius 2 is 1.71 bits per heavy atom. The van der Waals surface area contributed by atoms with Crippen LogP contribution in [0.15, 0.2) is 42.5 Å². The van der Waals surface area contributed by atoms with E-state index in [1.807, 2.05) is 13.0 Å². The summed E-state index contributed by atoms with van der Waals surface area (Å²) in [4.78, 5) is 29.0. The molecule has 2 N–H and O–H groups in total. The van der Waals surface area contributed by atoms with Crippen molar-refractivity contribution in [3.8, 4) is 5.75 Å². The zero-order chi connectivity index (χ0) is 22.2. The predicted octanol–water partition coefficient (Wildman–Crippen LogP) is 2.44. The van der Waals surface area contributed by atoms with E-state index >= 15 is 0 Å². The molecule has 0 unspecified atom stereocenters. The van der Waals surface area contributed by atoms with Crippen LogP contribution in [0.25, 0.3) is 0 Å². The van der Waals surface area contributed by atoms with Gasteiger partial charge in [0.05, 0.1) is 12.8 Å². The lowest BCUT2D eigenvalue weighted by atomic mass is 10.1. The Hall–Kier alpha value is -3.06. The topological polar surface area (TPSA) is 73.9 Å². The first-order valence-electron chi connectivity index (χ1n) is 10.7. The van der Waals surface area contributed by atoms with Crippen LogP contribution in [0.3, 0.4) is 0 Å². The summed E-state index contributed by atoms with van der Waals surface area (Å²) in [5.41, 5.74) is 3.94. The highest BCUT2D eigenvalue weighted by molar-refractivity contribution is 6.39. The second-order valence-corrected chi connectivity index (χ2v) is 7.97. The molecule has 2 amide bonds. The minimum atomic E-state index is -0.694. The Morgan fingerprint density at radius 3 is 2.39 bits per heavy atom. The molecule has 0 atom stereocenters. The Balaban J connectivity index is 1.40. The summed E-state index contributed by atoms with van der Waals surface area (Å²) < 4.78 is 5.23. The number of nitrogens with zero attached hydrogens (tertiary/aromatic N) is 2. The maximum absolute atomic E-state index is 12.2. The molecule has 31 heavy (non-hydrogen) atoms. The van der Waals surface area contributed by atoms with Crippen LogP contribution in [0.1, 0.15) is 17.5 Å². The summed E-state index contributed by atoms with van der Waals surface area (Å²) in [7, 11) is 3.68. The lowest BCUT2D eigenvalue weighted by molar-refractivity contribution is -0.136. The van der Waals surface area contributed by atoms with Gasteiger partial charge >= 0.3 is 11.8 Å². The van der Waals surface area contributed by atoms with E-state index in [0.29, 0.717) is 18.0 Å². The molecule has 0 spiro atoms. The molecule has 1 aliphatic heterocycles. The van der Waals surface area contributed by atoms with Gasteiger partial charge in [-0.05, 0) is 62.2 Å². The molecule has 166 valence electrons. The van der Waals surface area contributed by atoms with Crippen LogP contribution in [-0.4, -0.2) is 63.6 Å². The van der Waals surface area contributed by atoms with Crippen molar-refractivity contribution in [2.24, 2.45) is 0 Å². The number of piperazine rings is 1. The van der Waals surface area contributed by atoms with Gasteiger partial charge in [0.15, 0.2) is 0 Å². The molecule has 1 fully saturated rings. The summed E-state index contributed by atoms with van der Waals surface area (Å²) >= 11 is 0. The smallest absolute Gasteiger partial charge is 0.313 e. The Bertz CT molecular complexity index is 890. The van der Waals surface area contributed by atoms with Crippen LogP contribution < -0.4 is 20.3 Å². The highest BCUT2D eigenvalue weighted by Gasteiger charge is 2.16. The number of nitrogens with one attached hydrogen (secondary N) is 2. The number of methoxy groups -OCH3 is 1. The molecule has 0 bridgehead atoms. The van der Waals surface area contributed by atoms with Gasteiger partial charge in [-0.2, -0.15) is 0 Å².